The molecule has 1 aromatic carbocycles. The van der Waals surface area contributed by atoms with Gasteiger partial charge in [-0.2, -0.15) is 5.26 Å². The molecule has 0 unspecified atom stereocenters. The summed E-state index contributed by atoms with van der Waals surface area (Å²) in [6.45, 7) is 2.71. The number of anilines is 1. The Balaban J connectivity index is 2.31. The second-order valence-electron chi connectivity index (χ2n) is 4.47. The molecule has 4 nitrogen and oxygen atoms in total. The summed E-state index contributed by atoms with van der Waals surface area (Å²) in [4.78, 5) is 12.3. The summed E-state index contributed by atoms with van der Waals surface area (Å²) in [5.74, 6) is -1.03. The van der Waals surface area contributed by atoms with Crippen LogP contribution in [0.5, 0.6) is 0 Å². The van der Waals surface area contributed by atoms with E-state index in [1.54, 1.807) is 12.1 Å². The van der Waals surface area contributed by atoms with Crippen molar-refractivity contribution in [1.29, 1.82) is 5.26 Å². The molecule has 0 aliphatic heterocycles. The molecule has 0 saturated heterocycles. The average molecular weight is 350 g/mol. The van der Waals surface area contributed by atoms with Crippen molar-refractivity contribution in [3.63, 3.8) is 0 Å². The van der Waals surface area contributed by atoms with Crippen LogP contribution in [0.3, 0.4) is 0 Å². The van der Waals surface area contributed by atoms with Crippen LogP contribution in [0.15, 0.2) is 34.9 Å². The number of aryl methyl sites for hydroxylation is 1. The van der Waals surface area contributed by atoms with Gasteiger partial charge in [0, 0.05) is 17.2 Å². The molecule has 0 saturated carbocycles. The Labute approximate surface area is 130 Å². The van der Waals surface area contributed by atoms with E-state index in [0.717, 1.165) is 10.9 Å². The van der Waals surface area contributed by atoms with Crippen molar-refractivity contribution < 1.29 is 9.18 Å². The maximum Gasteiger partial charge on any atom is 0.272 e. The Hall–Kier alpha value is -2.13. The van der Waals surface area contributed by atoms with E-state index in [-0.39, 0.29) is 17.2 Å². The Morgan fingerprint density at radius 1 is 1.52 bits per heavy atom. The first kappa shape index (κ1) is 15.3. The van der Waals surface area contributed by atoms with Crippen LogP contribution in [0.4, 0.5) is 10.1 Å². The van der Waals surface area contributed by atoms with Crippen molar-refractivity contribution in [2.24, 2.45) is 0 Å². The zero-order valence-corrected chi connectivity index (χ0v) is 12.9. The number of nitriles is 1. The molecule has 0 aliphatic carbocycles. The molecule has 0 bridgehead atoms. The molecule has 2 aromatic rings. The lowest BCUT2D eigenvalue weighted by molar-refractivity contribution is 0.101. The minimum Gasteiger partial charge on any atom is -0.342 e. The van der Waals surface area contributed by atoms with Gasteiger partial charge in [0.05, 0.1) is 5.69 Å². The third-order valence-corrected chi connectivity index (χ3v) is 3.37. The zero-order valence-electron chi connectivity index (χ0n) is 11.4. The van der Waals surface area contributed by atoms with E-state index < -0.39 is 5.82 Å². The second kappa shape index (κ2) is 6.55. The number of nitrogens with one attached hydrogen (secondary N) is 1. The van der Waals surface area contributed by atoms with Crippen LogP contribution in [0, 0.1) is 17.1 Å². The smallest absolute Gasteiger partial charge is 0.272 e. The topological polar surface area (TPSA) is 57.8 Å². The van der Waals surface area contributed by atoms with Crippen molar-refractivity contribution in [2.45, 2.75) is 19.9 Å². The molecule has 1 aromatic heterocycles. The highest BCUT2D eigenvalue weighted by Crippen LogP contribution is 2.21. The van der Waals surface area contributed by atoms with Crippen molar-refractivity contribution in [3.8, 4) is 6.07 Å². The van der Waals surface area contributed by atoms with Crippen LogP contribution in [0.25, 0.3) is 0 Å². The molecule has 0 aliphatic rings. The minimum atomic E-state index is -0.652. The van der Waals surface area contributed by atoms with Gasteiger partial charge in [-0.15, -0.1) is 0 Å². The molecule has 1 amide bonds. The average Bonchev–Trinajstić information content (AvgIpc) is 2.80. The summed E-state index contributed by atoms with van der Waals surface area (Å²) < 4.78 is 16.1. The highest BCUT2D eigenvalue weighted by Gasteiger charge is 2.16. The van der Waals surface area contributed by atoms with Gasteiger partial charge in [0.15, 0.2) is 0 Å². The fourth-order valence-corrected chi connectivity index (χ4v) is 2.48. The number of amides is 1. The first-order chi connectivity index (χ1) is 10.1. The van der Waals surface area contributed by atoms with Gasteiger partial charge in [-0.05, 0) is 40.5 Å². The first-order valence-corrected chi connectivity index (χ1v) is 7.21. The number of rotatable bonds is 4. The Morgan fingerprint density at radius 2 is 2.29 bits per heavy atom. The van der Waals surface area contributed by atoms with Gasteiger partial charge in [0.2, 0.25) is 0 Å². The standard InChI is InChI=1S/C15H13BrFN3O/c1-2-6-20-9-10(16)7-14(20)15(21)19-13-5-3-4-12(17)11(13)8-18/h3-5,7,9H,2,6H2,1H3,(H,19,21). The van der Waals surface area contributed by atoms with Gasteiger partial charge in [-0.3, -0.25) is 4.79 Å². The molecular weight excluding hydrogens is 337 g/mol. The Kier molecular flexibility index (Phi) is 4.76. The Morgan fingerprint density at radius 3 is 2.95 bits per heavy atom. The predicted octanol–water partition coefficient (Wildman–Crippen LogP) is 3.92. The fourth-order valence-electron chi connectivity index (χ4n) is 2.02. The number of nitrogens with zero attached hydrogens (tertiary/aromatic N) is 2. The number of halogens is 2. The maximum atomic E-state index is 13.5. The van der Waals surface area contributed by atoms with Crippen LogP contribution >= 0.6 is 15.9 Å². The molecule has 0 spiro atoms. The van der Waals surface area contributed by atoms with E-state index >= 15 is 0 Å². The lowest BCUT2D eigenvalue weighted by atomic mass is 10.2. The zero-order chi connectivity index (χ0) is 15.4. The van der Waals surface area contributed by atoms with Crippen molar-refractivity contribution in [2.75, 3.05) is 5.32 Å². The summed E-state index contributed by atoms with van der Waals surface area (Å²) in [6.07, 6.45) is 2.69. The van der Waals surface area contributed by atoms with Crippen LogP contribution in [-0.4, -0.2) is 10.5 Å². The largest absolute Gasteiger partial charge is 0.342 e. The molecule has 1 N–H and O–H groups in total. The van der Waals surface area contributed by atoms with Gasteiger partial charge in [-0.1, -0.05) is 13.0 Å². The number of benzene rings is 1. The van der Waals surface area contributed by atoms with E-state index in [0.29, 0.717) is 12.2 Å². The van der Waals surface area contributed by atoms with Crippen molar-refractivity contribution in [1.82, 2.24) is 4.57 Å². The molecule has 21 heavy (non-hydrogen) atoms. The highest BCUT2D eigenvalue weighted by atomic mass is 79.9. The van der Waals surface area contributed by atoms with E-state index in [2.05, 4.69) is 21.2 Å². The minimum absolute atomic E-state index is 0.168. The summed E-state index contributed by atoms with van der Waals surface area (Å²) in [7, 11) is 0. The summed E-state index contributed by atoms with van der Waals surface area (Å²) in [5, 5.41) is 11.6. The number of carbonyl (C=O) groups is 1. The van der Waals surface area contributed by atoms with Crippen LogP contribution in [0.2, 0.25) is 0 Å². The summed E-state index contributed by atoms with van der Waals surface area (Å²) in [5.41, 5.74) is 0.457. The van der Waals surface area contributed by atoms with Gasteiger partial charge in [0.25, 0.3) is 5.91 Å². The normalized spacial score (nSPS) is 10.2. The lowest BCUT2D eigenvalue weighted by Gasteiger charge is -2.10. The van der Waals surface area contributed by atoms with Gasteiger partial charge < -0.3 is 9.88 Å². The quantitative estimate of drug-likeness (QED) is 0.909. The van der Waals surface area contributed by atoms with Crippen LogP contribution in [-0.2, 0) is 6.54 Å². The van der Waals surface area contributed by atoms with Gasteiger partial charge >= 0.3 is 0 Å². The van der Waals surface area contributed by atoms with E-state index in [1.807, 2.05) is 17.7 Å². The Bertz CT molecular complexity index is 718. The third-order valence-electron chi connectivity index (χ3n) is 2.93. The molecular formula is C15H13BrFN3O. The second-order valence-corrected chi connectivity index (χ2v) is 5.38. The molecule has 2 rings (SSSR count). The van der Waals surface area contributed by atoms with Gasteiger partial charge in [0.1, 0.15) is 23.1 Å². The molecule has 1 heterocycles. The van der Waals surface area contributed by atoms with Crippen LogP contribution < -0.4 is 5.32 Å². The fraction of sp³-hybridized carbons (Fsp3) is 0.200. The van der Waals surface area contributed by atoms with Crippen molar-refractivity contribution >= 4 is 27.5 Å². The summed E-state index contributed by atoms with van der Waals surface area (Å²) >= 11 is 3.33. The number of aromatic nitrogens is 1. The summed E-state index contributed by atoms with van der Waals surface area (Å²) in [6, 6.07) is 7.59. The third kappa shape index (κ3) is 3.31. The number of carbonyl (C=O) groups excluding carboxylic acids is 1. The highest BCUT2D eigenvalue weighted by molar-refractivity contribution is 9.10. The SMILES string of the molecule is CCCn1cc(Br)cc1C(=O)Nc1cccc(F)c1C#N. The molecule has 0 radical (unpaired) electrons. The molecule has 0 fully saturated rings. The first-order valence-electron chi connectivity index (χ1n) is 6.42. The molecule has 6 heteroatoms. The molecule has 0 atom stereocenters. The van der Waals surface area contributed by atoms with E-state index in [9.17, 15) is 9.18 Å². The lowest BCUT2D eigenvalue weighted by Crippen LogP contribution is -2.17. The van der Waals surface area contributed by atoms with Crippen LogP contribution in [0.1, 0.15) is 29.4 Å². The van der Waals surface area contributed by atoms with E-state index in [4.69, 9.17) is 5.26 Å². The monoisotopic (exact) mass is 349 g/mol. The predicted molar refractivity (Wildman–Crippen MR) is 81.5 cm³/mol. The molecule has 108 valence electrons. The maximum absolute atomic E-state index is 13.5. The number of hydrogen-bond acceptors (Lipinski definition) is 2. The van der Waals surface area contributed by atoms with E-state index in [1.165, 1.54) is 18.2 Å². The van der Waals surface area contributed by atoms with Crippen molar-refractivity contribution in [3.05, 3.63) is 52.0 Å². The van der Waals surface area contributed by atoms with Gasteiger partial charge in [-0.25, -0.2) is 4.39 Å². The number of hydrogen-bond donors (Lipinski definition) is 1.